The minimum absolute atomic E-state index is 0.360. The van der Waals surface area contributed by atoms with Gasteiger partial charge in [0.2, 0.25) is 0 Å². The predicted octanol–water partition coefficient (Wildman–Crippen LogP) is 2.51. The van der Waals surface area contributed by atoms with Crippen LogP contribution in [-0.4, -0.2) is 49.8 Å². The number of hydrogen-bond donors (Lipinski definition) is 1. The maximum atomic E-state index is 5.20. The summed E-state index contributed by atoms with van der Waals surface area (Å²) in [7, 11) is 1.79. The zero-order valence-corrected chi connectivity index (χ0v) is 13.0. The fraction of sp³-hybridized carbons (Fsp3) is 1.00. The molecule has 0 saturated carbocycles. The van der Waals surface area contributed by atoms with Gasteiger partial charge in [-0.3, -0.25) is 4.90 Å². The van der Waals surface area contributed by atoms with Crippen LogP contribution in [0.3, 0.4) is 0 Å². The summed E-state index contributed by atoms with van der Waals surface area (Å²) < 4.78 is 5.20. The fourth-order valence-corrected chi connectivity index (χ4v) is 3.05. The molecular formula is C15H32N2O. The molecule has 0 spiro atoms. The summed E-state index contributed by atoms with van der Waals surface area (Å²) in [6, 6.07) is 0.638. The molecule has 3 nitrogen and oxygen atoms in total. The maximum absolute atomic E-state index is 5.20. The van der Waals surface area contributed by atoms with Crippen LogP contribution in [0, 0.1) is 5.92 Å². The third-order valence-corrected chi connectivity index (χ3v) is 4.68. The molecule has 0 amide bonds. The Hall–Kier alpha value is -0.120. The van der Waals surface area contributed by atoms with Gasteiger partial charge in [0.15, 0.2) is 0 Å². The molecule has 18 heavy (non-hydrogen) atoms. The van der Waals surface area contributed by atoms with E-state index in [4.69, 9.17) is 4.74 Å². The molecule has 108 valence electrons. The molecule has 0 aromatic heterocycles. The molecule has 1 fully saturated rings. The number of rotatable bonds is 7. The number of nitrogens with one attached hydrogen (secondary N) is 1. The van der Waals surface area contributed by atoms with E-state index in [2.05, 4.69) is 37.9 Å². The smallest absolute Gasteiger partial charge is 0.0474 e. The second kappa shape index (κ2) is 7.46. The molecule has 0 bridgehead atoms. The minimum Gasteiger partial charge on any atom is -0.385 e. The molecule has 1 atom stereocenters. The van der Waals surface area contributed by atoms with Crippen LogP contribution in [0.25, 0.3) is 0 Å². The lowest BCUT2D eigenvalue weighted by molar-refractivity contribution is 0.0164. The van der Waals surface area contributed by atoms with Crippen molar-refractivity contribution in [3.63, 3.8) is 0 Å². The normalized spacial score (nSPS) is 24.7. The summed E-state index contributed by atoms with van der Waals surface area (Å²) in [5.41, 5.74) is 0.360. The minimum atomic E-state index is 0.360. The zero-order chi connectivity index (χ0) is 13.6. The van der Waals surface area contributed by atoms with Crippen molar-refractivity contribution in [3.05, 3.63) is 0 Å². The summed E-state index contributed by atoms with van der Waals surface area (Å²) in [6.07, 6.45) is 3.60. The number of methoxy groups -OCH3 is 1. The van der Waals surface area contributed by atoms with Crippen LogP contribution >= 0.6 is 0 Å². The first-order chi connectivity index (χ1) is 8.59. The Morgan fingerprint density at radius 1 is 1.33 bits per heavy atom. The highest BCUT2D eigenvalue weighted by Gasteiger charge is 2.38. The Morgan fingerprint density at radius 3 is 2.50 bits per heavy atom. The Balaban J connectivity index is 2.66. The Labute approximate surface area is 113 Å². The SMILES string of the molecule is CCC1(CC)CNC(C(C)C)CN1CCCOC. The van der Waals surface area contributed by atoms with Crippen molar-refractivity contribution in [1.82, 2.24) is 10.2 Å². The van der Waals surface area contributed by atoms with Gasteiger partial charge in [-0.1, -0.05) is 27.7 Å². The van der Waals surface area contributed by atoms with Gasteiger partial charge in [-0.05, 0) is 25.2 Å². The van der Waals surface area contributed by atoms with Crippen LogP contribution in [0.5, 0.6) is 0 Å². The molecule has 1 aliphatic heterocycles. The molecule has 1 N–H and O–H groups in total. The number of hydrogen-bond acceptors (Lipinski definition) is 3. The second-order valence-corrected chi connectivity index (χ2v) is 5.96. The first kappa shape index (κ1) is 15.9. The van der Waals surface area contributed by atoms with Gasteiger partial charge in [0.1, 0.15) is 0 Å². The molecule has 0 radical (unpaired) electrons. The van der Waals surface area contributed by atoms with Crippen molar-refractivity contribution in [3.8, 4) is 0 Å². The highest BCUT2D eigenvalue weighted by Crippen LogP contribution is 2.28. The van der Waals surface area contributed by atoms with Crippen molar-refractivity contribution in [2.45, 2.75) is 58.5 Å². The van der Waals surface area contributed by atoms with E-state index in [0.717, 1.165) is 19.6 Å². The maximum Gasteiger partial charge on any atom is 0.0474 e. The van der Waals surface area contributed by atoms with Crippen LogP contribution in [0.4, 0.5) is 0 Å². The van der Waals surface area contributed by atoms with E-state index in [-0.39, 0.29) is 0 Å². The molecule has 1 unspecified atom stereocenters. The van der Waals surface area contributed by atoms with Crippen molar-refractivity contribution in [2.24, 2.45) is 5.92 Å². The Bertz CT molecular complexity index is 227. The lowest BCUT2D eigenvalue weighted by atomic mass is 9.85. The fourth-order valence-electron chi connectivity index (χ4n) is 3.05. The van der Waals surface area contributed by atoms with E-state index in [1.807, 2.05) is 0 Å². The van der Waals surface area contributed by atoms with Crippen LogP contribution in [-0.2, 0) is 4.74 Å². The molecule has 1 aliphatic rings. The van der Waals surface area contributed by atoms with E-state index in [9.17, 15) is 0 Å². The number of piperazine rings is 1. The molecular weight excluding hydrogens is 224 g/mol. The monoisotopic (exact) mass is 256 g/mol. The van der Waals surface area contributed by atoms with Crippen molar-refractivity contribution in [1.29, 1.82) is 0 Å². The molecule has 1 heterocycles. The number of nitrogens with zero attached hydrogens (tertiary/aromatic N) is 1. The highest BCUT2D eigenvalue weighted by atomic mass is 16.5. The third kappa shape index (κ3) is 3.69. The van der Waals surface area contributed by atoms with Gasteiger partial charge in [-0.25, -0.2) is 0 Å². The van der Waals surface area contributed by atoms with E-state index < -0.39 is 0 Å². The molecule has 1 rings (SSSR count). The van der Waals surface area contributed by atoms with Gasteiger partial charge in [0, 0.05) is 44.9 Å². The molecule has 3 heteroatoms. The molecule has 0 aromatic rings. The predicted molar refractivity (Wildman–Crippen MR) is 78.0 cm³/mol. The van der Waals surface area contributed by atoms with Crippen LogP contribution in [0.1, 0.15) is 47.0 Å². The summed E-state index contributed by atoms with van der Waals surface area (Å²) in [4.78, 5) is 2.72. The topological polar surface area (TPSA) is 24.5 Å². The average Bonchev–Trinajstić information content (AvgIpc) is 2.39. The van der Waals surface area contributed by atoms with Gasteiger partial charge in [0.05, 0.1) is 0 Å². The zero-order valence-electron chi connectivity index (χ0n) is 13.0. The van der Waals surface area contributed by atoms with Gasteiger partial charge in [0.25, 0.3) is 0 Å². The lowest BCUT2D eigenvalue weighted by Crippen LogP contribution is -2.65. The Morgan fingerprint density at radius 2 is 2.00 bits per heavy atom. The molecule has 1 saturated heterocycles. The van der Waals surface area contributed by atoms with Gasteiger partial charge < -0.3 is 10.1 Å². The van der Waals surface area contributed by atoms with Gasteiger partial charge >= 0.3 is 0 Å². The van der Waals surface area contributed by atoms with E-state index >= 15 is 0 Å². The van der Waals surface area contributed by atoms with Gasteiger partial charge in [-0.15, -0.1) is 0 Å². The van der Waals surface area contributed by atoms with E-state index in [1.165, 1.54) is 25.9 Å². The lowest BCUT2D eigenvalue weighted by Gasteiger charge is -2.50. The first-order valence-electron chi connectivity index (χ1n) is 7.57. The molecule has 0 aromatic carbocycles. The van der Waals surface area contributed by atoms with Crippen molar-refractivity contribution in [2.75, 3.05) is 33.4 Å². The summed E-state index contributed by atoms with van der Waals surface area (Å²) in [5.74, 6) is 0.710. The van der Waals surface area contributed by atoms with Crippen molar-refractivity contribution < 1.29 is 4.74 Å². The van der Waals surface area contributed by atoms with Crippen LogP contribution in [0.15, 0.2) is 0 Å². The van der Waals surface area contributed by atoms with E-state index in [0.29, 0.717) is 17.5 Å². The summed E-state index contributed by atoms with van der Waals surface area (Å²) in [6.45, 7) is 13.6. The Kier molecular flexibility index (Phi) is 6.61. The number of ether oxygens (including phenoxy) is 1. The molecule has 0 aliphatic carbocycles. The van der Waals surface area contributed by atoms with Gasteiger partial charge in [-0.2, -0.15) is 0 Å². The second-order valence-electron chi connectivity index (χ2n) is 5.96. The quantitative estimate of drug-likeness (QED) is 0.708. The average molecular weight is 256 g/mol. The largest absolute Gasteiger partial charge is 0.385 e. The van der Waals surface area contributed by atoms with Crippen molar-refractivity contribution >= 4 is 0 Å². The first-order valence-corrected chi connectivity index (χ1v) is 7.57. The third-order valence-electron chi connectivity index (χ3n) is 4.68. The highest BCUT2D eigenvalue weighted by molar-refractivity contribution is 4.98. The van der Waals surface area contributed by atoms with Crippen LogP contribution in [0.2, 0.25) is 0 Å². The summed E-state index contributed by atoms with van der Waals surface area (Å²) in [5, 5.41) is 3.76. The summed E-state index contributed by atoms with van der Waals surface area (Å²) >= 11 is 0. The standard InChI is InChI=1S/C15H32N2O/c1-6-15(7-2)12-16-14(13(3)4)11-17(15)9-8-10-18-5/h13-14,16H,6-12H2,1-5H3. The van der Waals surface area contributed by atoms with Crippen LogP contribution < -0.4 is 5.32 Å². The van der Waals surface area contributed by atoms with E-state index in [1.54, 1.807) is 7.11 Å².